The van der Waals surface area contributed by atoms with Crippen molar-refractivity contribution in [1.29, 1.82) is 0 Å². The summed E-state index contributed by atoms with van der Waals surface area (Å²) in [6.07, 6.45) is 3.19. The van der Waals surface area contributed by atoms with Crippen molar-refractivity contribution < 1.29 is 14.4 Å². The van der Waals surface area contributed by atoms with Crippen LogP contribution in [0.2, 0.25) is 0 Å². The van der Waals surface area contributed by atoms with Crippen molar-refractivity contribution in [3.63, 3.8) is 0 Å². The highest BCUT2D eigenvalue weighted by molar-refractivity contribution is 5.95. The van der Waals surface area contributed by atoms with Gasteiger partial charge < -0.3 is 16.4 Å². The highest BCUT2D eigenvalue weighted by Crippen LogP contribution is 2.11. The molecule has 1 fully saturated rings. The van der Waals surface area contributed by atoms with Crippen LogP contribution < -0.4 is 21.7 Å². The van der Waals surface area contributed by atoms with Crippen molar-refractivity contribution in [2.24, 2.45) is 5.73 Å². The Labute approximate surface area is 124 Å². The summed E-state index contributed by atoms with van der Waals surface area (Å²) in [7, 11) is 0. The molecule has 8 nitrogen and oxygen atoms in total. The highest BCUT2D eigenvalue weighted by Gasteiger charge is 2.24. The molecule has 0 atom stereocenters. The second-order valence-electron chi connectivity index (χ2n) is 4.90. The zero-order chi connectivity index (χ0) is 15.7. The molecule has 0 aromatic carbocycles. The zero-order valence-electron chi connectivity index (χ0n) is 12.1. The van der Waals surface area contributed by atoms with Crippen LogP contribution in [0.4, 0.5) is 4.79 Å². The highest BCUT2D eigenvalue weighted by atomic mass is 16.2. The Bertz CT molecular complexity index is 393. The number of nitrogens with zero attached hydrogens (tertiary/aromatic N) is 1. The summed E-state index contributed by atoms with van der Waals surface area (Å²) in [6, 6.07) is -0.468. The third-order valence-corrected chi connectivity index (χ3v) is 3.19. The number of piperidine rings is 1. The summed E-state index contributed by atoms with van der Waals surface area (Å²) >= 11 is 0. The molecule has 0 unspecified atom stereocenters. The minimum absolute atomic E-state index is 0.00631. The first-order chi connectivity index (χ1) is 10.0. The van der Waals surface area contributed by atoms with Gasteiger partial charge in [0.25, 0.3) is 0 Å². The van der Waals surface area contributed by atoms with E-state index in [9.17, 15) is 14.4 Å². The number of nitrogens with one attached hydrogen (secondary N) is 3. The summed E-state index contributed by atoms with van der Waals surface area (Å²) in [5, 5.41) is 7.87. The Morgan fingerprint density at radius 2 is 1.95 bits per heavy atom. The number of hydrogen-bond donors (Lipinski definition) is 4. The molecule has 0 aromatic heterocycles. The maximum Gasteiger partial charge on any atom is 0.321 e. The molecule has 0 bridgehead atoms. The van der Waals surface area contributed by atoms with Gasteiger partial charge in [-0.1, -0.05) is 6.08 Å². The Balaban J connectivity index is 2.50. The summed E-state index contributed by atoms with van der Waals surface area (Å²) < 4.78 is 0. The van der Waals surface area contributed by atoms with Gasteiger partial charge in [-0.25, -0.2) is 4.79 Å². The van der Waals surface area contributed by atoms with E-state index in [0.717, 1.165) is 25.9 Å². The topological polar surface area (TPSA) is 117 Å². The SMILES string of the molecule is C=CCNC(=O)NC(=O)CN(CC(N)=O)C1CCNCC1. The summed E-state index contributed by atoms with van der Waals surface area (Å²) in [4.78, 5) is 36.1. The molecule has 5 N–H and O–H groups in total. The van der Waals surface area contributed by atoms with E-state index in [1.807, 2.05) is 0 Å². The molecule has 1 rings (SSSR count). The van der Waals surface area contributed by atoms with Crippen molar-refractivity contribution in [3.8, 4) is 0 Å². The van der Waals surface area contributed by atoms with Gasteiger partial charge in [0.15, 0.2) is 0 Å². The van der Waals surface area contributed by atoms with Crippen LogP contribution in [0.25, 0.3) is 0 Å². The summed E-state index contributed by atoms with van der Waals surface area (Å²) in [6.45, 7) is 5.38. The van der Waals surface area contributed by atoms with Crippen LogP contribution in [-0.4, -0.2) is 61.5 Å². The lowest BCUT2D eigenvalue weighted by atomic mass is 10.0. The third-order valence-electron chi connectivity index (χ3n) is 3.19. The van der Waals surface area contributed by atoms with E-state index in [1.165, 1.54) is 6.08 Å². The van der Waals surface area contributed by atoms with Crippen LogP contribution in [0.3, 0.4) is 0 Å². The minimum atomic E-state index is -0.579. The van der Waals surface area contributed by atoms with Crippen molar-refractivity contribution in [2.75, 3.05) is 32.7 Å². The van der Waals surface area contributed by atoms with E-state index in [-0.39, 0.29) is 25.7 Å². The molecule has 1 heterocycles. The summed E-state index contributed by atoms with van der Waals surface area (Å²) in [5.74, 6) is -0.950. The number of carbonyl (C=O) groups excluding carboxylic acids is 3. The number of imide groups is 1. The molecule has 1 saturated heterocycles. The first-order valence-corrected chi connectivity index (χ1v) is 6.94. The molecule has 0 aromatic rings. The van der Waals surface area contributed by atoms with Gasteiger partial charge in [0.2, 0.25) is 11.8 Å². The van der Waals surface area contributed by atoms with Crippen molar-refractivity contribution in [3.05, 3.63) is 12.7 Å². The number of carbonyl (C=O) groups is 3. The first-order valence-electron chi connectivity index (χ1n) is 6.94. The minimum Gasteiger partial charge on any atom is -0.369 e. The molecule has 0 spiro atoms. The second kappa shape index (κ2) is 9.09. The molecule has 0 aliphatic carbocycles. The monoisotopic (exact) mass is 297 g/mol. The van der Waals surface area contributed by atoms with E-state index in [4.69, 9.17) is 5.73 Å². The number of nitrogens with two attached hydrogens (primary N) is 1. The second-order valence-corrected chi connectivity index (χ2v) is 4.90. The number of rotatable bonds is 7. The van der Waals surface area contributed by atoms with Crippen molar-refractivity contribution in [2.45, 2.75) is 18.9 Å². The smallest absolute Gasteiger partial charge is 0.321 e. The maximum absolute atomic E-state index is 11.8. The van der Waals surface area contributed by atoms with Gasteiger partial charge in [-0.05, 0) is 25.9 Å². The molecule has 0 saturated carbocycles. The Kier molecular flexibility index (Phi) is 7.41. The third kappa shape index (κ3) is 6.87. The zero-order valence-corrected chi connectivity index (χ0v) is 12.1. The van der Waals surface area contributed by atoms with Gasteiger partial charge in [-0.15, -0.1) is 6.58 Å². The summed E-state index contributed by atoms with van der Waals surface area (Å²) in [5.41, 5.74) is 5.22. The van der Waals surface area contributed by atoms with Crippen LogP contribution in [0.5, 0.6) is 0 Å². The lowest BCUT2D eigenvalue weighted by Gasteiger charge is -2.33. The number of amides is 4. The van der Waals surface area contributed by atoms with Gasteiger partial charge in [0, 0.05) is 12.6 Å². The predicted molar refractivity (Wildman–Crippen MR) is 78.4 cm³/mol. The van der Waals surface area contributed by atoms with Crippen LogP contribution >= 0.6 is 0 Å². The van der Waals surface area contributed by atoms with Crippen LogP contribution in [0.15, 0.2) is 12.7 Å². The lowest BCUT2D eigenvalue weighted by Crippen LogP contribution is -2.51. The van der Waals surface area contributed by atoms with Gasteiger partial charge in [-0.2, -0.15) is 0 Å². The quantitative estimate of drug-likeness (QED) is 0.428. The van der Waals surface area contributed by atoms with Crippen molar-refractivity contribution >= 4 is 17.8 Å². The standard InChI is InChI=1S/C13H23N5O3/c1-2-5-16-13(21)17-12(20)9-18(8-11(14)19)10-3-6-15-7-4-10/h2,10,15H,1,3-9H2,(H2,14,19)(H2,16,17,20,21). The largest absolute Gasteiger partial charge is 0.369 e. The number of primary amides is 1. The van der Waals surface area contributed by atoms with E-state index in [2.05, 4.69) is 22.5 Å². The lowest BCUT2D eigenvalue weighted by molar-refractivity contribution is -0.124. The fraction of sp³-hybridized carbons (Fsp3) is 0.615. The normalized spacial score (nSPS) is 15.5. The van der Waals surface area contributed by atoms with E-state index >= 15 is 0 Å². The molecule has 1 aliphatic heterocycles. The fourth-order valence-corrected chi connectivity index (χ4v) is 2.25. The Morgan fingerprint density at radius 3 is 2.52 bits per heavy atom. The Morgan fingerprint density at radius 1 is 1.29 bits per heavy atom. The average Bonchev–Trinajstić information content (AvgIpc) is 2.44. The molecular formula is C13H23N5O3. The van der Waals surface area contributed by atoms with E-state index in [1.54, 1.807) is 4.90 Å². The van der Waals surface area contributed by atoms with Gasteiger partial charge in [0.05, 0.1) is 13.1 Å². The van der Waals surface area contributed by atoms with Crippen LogP contribution in [-0.2, 0) is 9.59 Å². The molecule has 8 heteroatoms. The van der Waals surface area contributed by atoms with Gasteiger partial charge >= 0.3 is 6.03 Å². The Hall–Kier alpha value is -1.93. The molecule has 118 valence electrons. The molecular weight excluding hydrogens is 274 g/mol. The molecule has 1 aliphatic rings. The van der Waals surface area contributed by atoms with Crippen LogP contribution in [0.1, 0.15) is 12.8 Å². The fourth-order valence-electron chi connectivity index (χ4n) is 2.25. The maximum atomic E-state index is 11.8. The van der Waals surface area contributed by atoms with E-state index < -0.39 is 17.8 Å². The first kappa shape index (κ1) is 17.1. The van der Waals surface area contributed by atoms with Crippen LogP contribution in [0, 0.1) is 0 Å². The molecule has 4 amide bonds. The van der Waals surface area contributed by atoms with Gasteiger partial charge in [-0.3, -0.25) is 19.8 Å². The molecule has 21 heavy (non-hydrogen) atoms. The van der Waals surface area contributed by atoms with Crippen molar-refractivity contribution in [1.82, 2.24) is 20.9 Å². The van der Waals surface area contributed by atoms with E-state index in [0.29, 0.717) is 0 Å². The number of hydrogen-bond acceptors (Lipinski definition) is 5. The predicted octanol–water partition coefficient (Wildman–Crippen LogP) is -1.46. The molecule has 0 radical (unpaired) electrons. The average molecular weight is 297 g/mol. The number of urea groups is 1. The van der Waals surface area contributed by atoms with Gasteiger partial charge in [0.1, 0.15) is 0 Å².